The lowest BCUT2D eigenvalue weighted by Crippen LogP contribution is -2.22. The number of rotatable bonds is 7. The summed E-state index contributed by atoms with van der Waals surface area (Å²) in [7, 11) is 1.58. The number of para-hydroxylation sites is 1. The zero-order valence-corrected chi connectivity index (χ0v) is 16.2. The van der Waals surface area contributed by atoms with Gasteiger partial charge in [0, 0.05) is 30.6 Å². The number of nitro benzene ring substituents is 1. The molecule has 0 atom stereocenters. The quantitative estimate of drug-likeness (QED) is 0.425. The Bertz CT molecular complexity index is 909. The molecule has 2 N–H and O–H groups in total. The van der Waals surface area contributed by atoms with Crippen molar-refractivity contribution < 1.29 is 19.2 Å². The minimum Gasteiger partial charge on any atom is -0.452 e. The van der Waals surface area contributed by atoms with Crippen LogP contribution in [0.5, 0.6) is 0 Å². The molecule has 2 aromatic rings. The number of benzene rings is 2. The van der Waals surface area contributed by atoms with E-state index in [0.29, 0.717) is 11.4 Å². The highest BCUT2D eigenvalue weighted by atomic mass is 16.6. The second-order valence-corrected chi connectivity index (χ2v) is 6.56. The van der Waals surface area contributed by atoms with Gasteiger partial charge in [-0.1, -0.05) is 32.0 Å². The minimum absolute atomic E-state index is 0.0109. The summed E-state index contributed by atoms with van der Waals surface area (Å²) in [6.45, 7) is 5.42. The van der Waals surface area contributed by atoms with Crippen LogP contribution >= 0.6 is 0 Å². The van der Waals surface area contributed by atoms with Gasteiger partial charge in [-0.05, 0) is 30.0 Å². The number of amides is 1. The van der Waals surface area contributed by atoms with Gasteiger partial charge >= 0.3 is 5.97 Å². The SMILES string of the molecule is CNc1ccc([N+](=O)[O-])cc1C(=O)OCC(=O)Nc1c(C)cccc1C(C)C. The average Bonchev–Trinajstić information content (AvgIpc) is 2.66. The van der Waals surface area contributed by atoms with Crippen LogP contribution in [0.3, 0.4) is 0 Å². The van der Waals surface area contributed by atoms with Gasteiger partial charge < -0.3 is 15.4 Å². The third-order valence-corrected chi connectivity index (χ3v) is 4.23. The molecule has 28 heavy (non-hydrogen) atoms. The molecule has 2 aromatic carbocycles. The van der Waals surface area contributed by atoms with Gasteiger partial charge in [-0.15, -0.1) is 0 Å². The summed E-state index contributed by atoms with van der Waals surface area (Å²) in [4.78, 5) is 35.0. The molecule has 0 fully saturated rings. The first-order valence-corrected chi connectivity index (χ1v) is 8.77. The van der Waals surface area contributed by atoms with Crippen molar-refractivity contribution in [3.8, 4) is 0 Å². The van der Waals surface area contributed by atoms with E-state index < -0.39 is 23.4 Å². The van der Waals surface area contributed by atoms with E-state index in [2.05, 4.69) is 10.6 Å². The fourth-order valence-electron chi connectivity index (χ4n) is 2.76. The monoisotopic (exact) mass is 385 g/mol. The topological polar surface area (TPSA) is 111 Å². The van der Waals surface area contributed by atoms with Crippen LogP contribution < -0.4 is 10.6 Å². The molecule has 0 saturated heterocycles. The van der Waals surface area contributed by atoms with E-state index >= 15 is 0 Å². The number of anilines is 2. The number of nitro groups is 1. The van der Waals surface area contributed by atoms with Crippen LogP contribution in [0.2, 0.25) is 0 Å². The second-order valence-electron chi connectivity index (χ2n) is 6.56. The van der Waals surface area contributed by atoms with Crippen molar-refractivity contribution in [3.63, 3.8) is 0 Å². The van der Waals surface area contributed by atoms with Crippen LogP contribution in [-0.2, 0) is 9.53 Å². The first-order chi connectivity index (χ1) is 13.2. The molecule has 0 aliphatic carbocycles. The van der Waals surface area contributed by atoms with Gasteiger partial charge in [-0.3, -0.25) is 14.9 Å². The molecule has 0 unspecified atom stereocenters. The Morgan fingerprint density at radius 2 is 1.93 bits per heavy atom. The molecule has 1 amide bonds. The summed E-state index contributed by atoms with van der Waals surface area (Å²) in [5, 5.41) is 16.5. The van der Waals surface area contributed by atoms with Crippen LogP contribution in [0.25, 0.3) is 0 Å². The van der Waals surface area contributed by atoms with Crippen molar-refractivity contribution in [2.75, 3.05) is 24.3 Å². The first kappa shape index (κ1) is 20.9. The Morgan fingerprint density at radius 3 is 2.54 bits per heavy atom. The number of non-ortho nitro benzene ring substituents is 1. The van der Waals surface area contributed by atoms with Crippen LogP contribution in [0, 0.1) is 17.0 Å². The highest BCUT2D eigenvalue weighted by molar-refractivity contribution is 5.99. The van der Waals surface area contributed by atoms with Crippen molar-refractivity contribution in [1.82, 2.24) is 0 Å². The van der Waals surface area contributed by atoms with E-state index in [1.165, 1.54) is 12.1 Å². The Morgan fingerprint density at radius 1 is 1.21 bits per heavy atom. The standard InChI is InChI=1S/C20H23N3O5/c1-12(2)15-7-5-6-13(3)19(15)22-18(24)11-28-20(25)16-10-14(23(26)27)8-9-17(16)21-4/h5-10,12,21H,11H2,1-4H3,(H,22,24). The Labute approximate surface area is 163 Å². The third kappa shape index (κ3) is 4.85. The van der Waals surface area contributed by atoms with Crippen molar-refractivity contribution in [3.05, 3.63) is 63.2 Å². The van der Waals surface area contributed by atoms with E-state index in [-0.39, 0.29) is 17.2 Å². The molecule has 0 bridgehead atoms. The Kier molecular flexibility index (Phi) is 6.70. The fourth-order valence-corrected chi connectivity index (χ4v) is 2.76. The van der Waals surface area contributed by atoms with Gasteiger partial charge in [0.05, 0.1) is 10.5 Å². The largest absolute Gasteiger partial charge is 0.452 e. The van der Waals surface area contributed by atoms with E-state index in [0.717, 1.165) is 17.2 Å². The van der Waals surface area contributed by atoms with Crippen molar-refractivity contribution in [2.24, 2.45) is 0 Å². The number of nitrogens with one attached hydrogen (secondary N) is 2. The van der Waals surface area contributed by atoms with Crippen LogP contribution in [0.15, 0.2) is 36.4 Å². The van der Waals surface area contributed by atoms with Gasteiger partial charge in [0.1, 0.15) is 0 Å². The predicted octanol–water partition coefficient (Wildman–Crippen LogP) is 3.86. The molecular formula is C20H23N3O5. The number of aryl methyl sites for hydroxylation is 1. The summed E-state index contributed by atoms with van der Waals surface area (Å²) >= 11 is 0. The summed E-state index contributed by atoms with van der Waals surface area (Å²) in [5.41, 5.74) is 2.71. The van der Waals surface area contributed by atoms with Crippen molar-refractivity contribution in [1.29, 1.82) is 0 Å². The van der Waals surface area contributed by atoms with Gasteiger partial charge in [-0.2, -0.15) is 0 Å². The van der Waals surface area contributed by atoms with Crippen LogP contribution in [-0.4, -0.2) is 30.5 Å². The number of esters is 1. The van der Waals surface area contributed by atoms with Gasteiger partial charge in [-0.25, -0.2) is 4.79 Å². The van der Waals surface area contributed by atoms with E-state index in [1.807, 2.05) is 39.0 Å². The Balaban J connectivity index is 2.11. The molecule has 0 saturated carbocycles. The van der Waals surface area contributed by atoms with Gasteiger partial charge in [0.15, 0.2) is 6.61 Å². The molecule has 8 heteroatoms. The van der Waals surface area contributed by atoms with Gasteiger partial charge in [0.25, 0.3) is 11.6 Å². The molecule has 0 radical (unpaired) electrons. The lowest BCUT2D eigenvalue weighted by Gasteiger charge is -2.16. The van der Waals surface area contributed by atoms with Crippen LogP contribution in [0.4, 0.5) is 17.1 Å². The summed E-state index contributed by atoms with van der Waals surface area (Å²) < 4.78 is 5.07. The molecule has 0 heterocycles. The highest BCUT2D eigenvalue weighted by Gasteiger charge is 2.19. The number of carbonyl (C=O) groups excluding carboxylic acids is 2. The Hall–Kier alpha value is -3.42. The summed E-state index contributed by atoms with van der Waals surface area (Å²) in [5.74, 6) is -1.10. The molecule has 148 valence electrons. The zero-order chi connectivity index (χ0) is 20.8. The summed E-state index contributed by atoms with van der Waals surface area (Å²) in [6, 6.07) is 9.54. The second kappa shape index (κ2) is 8.98. The summed E-state index contributed by atoms with van der Waals surface area (Å²) in [6.07, 6.45) is 0. The fraction of sp³-hybridized carbons (Fsp3) is 0.300. The lowest BCUT2D eigenvalue weighted by atomic mass is 9.98. The zero-order valence-electron chi connectivity index (χ0n) is 16.2. The molecule has 8 nitrogen and oxygen atoms in total. The maximum Gasteiger partial charge on any atom is 0.341 e. The number of ether oxygens (including phenoxy) is 1. The third-order valence-electron chi connectivity index (χ3n) is 4.23. The number of nitrogens with zero attached hydrogens (tertiary/aromatic N) is 1. The molecular weight excluding hydrogens is 362 g/mol. The highest BCUT2D eigenvalue weighted by Crippen LogP contribution is 2.27. The minimum atomic E-state index is -0.822. The molecule has 2 rings (SSSR count). The predicted molar refractivity (Wildman–Crippen MR) is 107 cm³/mol. The molecule has 0 aliphatic rings. The normalized spacial score (nSPS) is 10.5. The smallest absolute Gasteiger partial charge is 0.341 e. The van der Waals surface area contributed by atoms with E-state index in [4.69, 9.17) is 4.74 Å². The van der Waals surface area contributed by atoms with Gasteiger partial charge in [0.2, 0.25) is 0 Å². The van der Waals surface area contributed by atoms with Crippen molar-refractivity contribution in [2.45, 2.75) is 26.7 Å². The number of hydrogen-bond acceptors (Lipinski definition) is 6. The van der Waals surface area contributed by atoms with Crippen LogP contribution in [0.1, 0.15) is 41.3 Å². The molecule has 0 aliphatic heterocycles. The number of carbonyl (C=O) groups is 2. The maximum atomic E-state index is 12.3. The average molecular weight is 385 g/mol. The van der Waals surface area contributed by atoms with Crippen molar-refractivity contribution >= 4 is 28.9 Å². The molecule has 0 spiro atoms. The number of hydrogen-bond donors (Lipinski definition) is 2. The molecule has 0 aromatic heterocycles. The maximum absolute atomic E-state index is 12.3. The van der Waals surface area contributed by atoms with E-state index in [9.17, 15) is 19.7 Å². The first-order valence-electron chi connectivity index (χ1n) is 8.77. The van der Waals surface area contributed by atoms with E-state index in [1.54, 1.807) is 7.05 Å². The lowest BCUT2D eigenvalue weighted by molar-refractivity contribution is -0.384.